The Morgan fingerprint density at radius 3 is 2.55 bits per heavy atom. The highest BCUT2D eigenvalue weighted by atomic mass is 79.9. The first-order valence-electron chi connectivity index (χ1n) is 7.69. The number of hydrazine groups is 1. The number of rotatable bonds is 6. The van der Waals surface area contributed by atoms with Crippen molar-refractivity contribution in [2.75, 3.05) is 13.7 Å². The summed E-state index contributed by atoms with van der Waals surface area (Å²) in [5, 5.41) is 2.15. The van der Waals surface area contributed by atoms with Crippen LogP contribution in [-0.4, -0.2) is 30.7 Å². The molecule has 1 heterocycles. The van der Waals surface area contributed by atoms with Crippen LogP contribution in [0.3, 0.4) is 0 Å². The molecule has 0 aliphatic carbocycles. The van der Waals surface area contributed by atoms with Gasteiger partial charge in [-0.2, -0.15) is 0 Å². The van der Waals surface area contributed by atoms with Crippen LogP contribution >= 0.6 is 15.9 Å². The van der Waals surface area contributed by atoms with Gasteiger partial charge in [0.2, 0.25) is 0 Å². The van der Waals surface area contributed by atoms with Crippen LogP contribution in [0.1, 0.15) is 32.3 Å². The Morgan fingerprint density at radius 1 is 1.32 bits per heavy atom. The van der Waals surface area contributed by atoms with Gasteiger partial charge in [-0.15, -0.1) is 0 Å². The number of hydrogen-bond acceptors (Lipinski definition) is 4. The van der Waals surface area contributed by atoms with E-state index in [-0.39, 0.29) is 12.0 Å². The number of carbonyl (C=O) groups excluding carboxylic acids is 1. The summed E-state index contributed by atoms with van der Waals surface area (Å²) in [6, 6.07) is 8.25. The number of nitrogens with one attached hydrogen (secondary N) is 1. The topological polar surface area (TPSA) is 41.6 Å². The van der Waals surface area contributed by atoms with E-state index >= 15 is 0 Å². The summed E-state index contributed by atoms with van der Waals surface area (Å²) >= 11 is 3.45. The zero-order chi connectivity index (χ0) is 16.1. The van der Waals surface area contributed by atoms with Crippen LogP contribution in [0.2, 0.25) is 0 Å². The Balaban J connectivity index is 2.29. The molecule has 5 heteroatoms. The van der Waals surface area contributed by atoms with Gasteiger partial charge in [-0.1, -0.05) is 41.9 Å². The standard InChI is InChI=1S/C17H23BrN2O2/c1-4-10-20-15(5-2)16(17(21)22-3)14(19-20)11-12-6-8-13(18)9-7-12/h6-9,15,19H,4-5,10-11H2,1-3H3. The van der Waals surface area contributed by atoms with Gasteiger partial charge in [-0.05, 0) is 30.5 Å². The molecular formula is C17H23BrN2O2. The van der Waals surface area contributed by atoms with Crippen LogP contribution in [0.15, 0.2) is 40.0 Å². The Hall–Kier alpha value is -1.33. The number of benzene rings is 1. The molecular weight excluding hydrogens is 344 g/mol. The lowest BCUT2D eigenvalue weighted by atomic mass is 10.00. The summed E-state index contributed by atoms with van der Waals surface area (Å²) < 4.78 is 6.06. The van der Waals surface area contributed by atoms with Crippen LogP contribution in [0.4, 0.5) is 0 Å². The van der Waals surface area contributed by atoms with Gasteiger partial charge in [0.15, 0.2) is 0 Å². The Bertz CT molecular complexity index is 554. The molecule has 1 aliphatic rings. The second-order valence-electron chi connectivity index (χ2n) is 5.42. The quantitative estimate of drug-likeness (QED) is 0.783. The van der Waals surface area contributed by atoms with Crippen molar-refractivity contribution in [3.8, 4) is 0 Å². The van der Waals surface area contributed by atoms with E-state index in [0.717, 1.165) is 35.1 Å². The molecule has 1 unspecified atom stereocenters. The van der Waals surface area contributed by atoms with Gasteiger partial charge in [-0.3, -0.25) is 0 Å². The molecule has 2 rings (SSSR count). The van der Waals surface area contributed by atoms with Crippen LogP contribution in [-0.2, 0) is 16.0 Å². The third-order valence-electron chi connectivity index (χ3n) is 3.86. The molecule has 0 bridgehead atoms. The van der Waals surface area contributed by atoms with Crippen LogP contribution in [0.5, 0.6) is 0 Å². The minimum absolute atomic E-state index is 0.0813. The maximum Gasteiger partial charge on any atom is 0.337 e. The molecule has 0 fully saturated rings. The molecule has 1 aromatic rings. The van der Waals surface area contributed by atoms with Gasteiger partial charge < -0.3 is 10.2 Å². The molecule has 1 aromatic carbocycles. The maximum absolute atomic E-state index is 12.2. The molecule has 0 radical (unpaired) electrons. The minimum Gasteiger partial charge on any atom is -0.466 e. The highest BCUT2D eigenvalue weighted by Gasteiger charge is 2.35. The van der Waals surface area contributed by atoms with E-state index < -0.39 is 0 Å². The predicted molar refractivity (Wildman–Crippen MR) is 91.1 cm³/mol. The SMILES string of the molecule is CCCN1NC(Cc2ccc(Br)cc2)=C(C(=O)OC)C1CC. The van der Waals surface area contributed by atoms with Gasteiger partial charge in [0.05, 0.1) is 18.7 Å². The predicted octanol–water partition coefficient (Wildman–Crippen LogP) is 3.43. The third kappa shape index (κ3) is 3.70. The molecule has 0 saturated carbocycles. The van der Waals surface area contributed by atoms with E-state index in [1.165, 1.54) is 12.7 Å². The number of carbonyl (C=O) groups is 1. The summed E-state index contributed by atoms with van der Waals surface area (Å²) in [4.78, 5) is 12.2. The fourth-order valence-electron chi connectivity index (χ4n) is 2.86. The van der Waals surface area contributed by atoms with Crippen molar-refractivity contribution in [2.45, 2.75) is 39.2 Å². The van der Waals surface area contributed by atoms with Gasteiger partial charge in [0.1, 0.15) is 0 Å². The fourth-order valence-corrected chi connectivity index (χ4v) is 3.12. The van der Waals surface area contributed by atoms with Crippen molar-refractivity contribution in [1.82, 2.24) is 10.4 Å². The van der Waals surface area contributed by atoms with Crippen LogP contribution in [0, 0.1) is 0 Å². The smallest absolute Gasteiger partial charge is 0.337 e. The summed E-state index contributed by atoms with van der Waals surface area (Å²) in [6.07, 6.45) is 2.61. The van der Waals surface area contributed by atoms with Crippen molar-refractivity contribution >= 4 is 21.9 Å². The highest BCUT2D eigenvalue weighted by molar-refractivity contribution is 9.10. The lowest BCUT2D eigenvalue weighted by Gasteiger charge is -2.24. The molecule has 0 aromatic heterocycles. The summed E-state index contributed by atoms with van der Waals surface area (Å²) in [5.74, 6) is -0.231. The van der Waals surface area contributed by atoms with E-state index in [1.54, 1.807) is 0 Å². The molecule has 0 spiro atoms. The van der Waals surface area contributed by atoms with E-state index in [4.69, 9.17) is 4.74 Å². The average molecular weight is 367 g/mol. The summed E-state index contributed by atoms with van der Waals surface area (Å²) in [6.45, 7) is 5.14. The number of methoxy groups -OCH3 is 1. The highest BCUT2D eigenvalue weighted by Crippen LogP contribution is 2.27. The average Bonchev–Trinajstić information content (AvgIpc) is 2.86. The summed E-state index contributed by atoms with van der Waals surface area (Å²) in [7, 11) is 1.45. The molecule has 1 aliphatic heterocycles. The van der Waals surface area contributed by atoms with Crippen molar-refractivity contribution in [2.24, 2.45) is 0 Å². The Kier molecular flexibility index (Phi) is 6.03. The van der Waals surface area contributed by atoms with E-state index in [1.807, 2.05) is 12.1 Å². The van der Waals surface area contributed by atoms with E-state index in [0.29, 0.717) is 6.42 Å². The maximum atomic E-state index is 12.2. The van der Waals surface area contributed by atoms with Gasteiger partial charge >= 0.3 is 5.97 Å². The molecule has 4 nitrogen and oxygen atoms in total. The van der Waals surface area contributed by atoms with Crippen molar-refractivity contribution in [3.63, 3.8) is 0 Å². The van der Waals surface area contributed by atoms with Gasteiger partial charge in [0.25, 0.3) is 0 Å². The molecule has 120 valence electrons. The lowest BCUT2D eigenvalue weighted by Crippen LogP contribution is -2.40. The van der Waals surface area contributed by atoms with E-state index in [9.17, 15) is 4.79 Å². The number of halogens is 1. The largest absolute Gasteiger partial charge is 0.466 e. The van der Waals surface area contributed by atoms with Crippen molar-refractivity contribution in [1.29, 1.82) is 0 Å². The van der Waals surface area contributed by atoms with Crippen molar-refractivity contribution < 1.29 is 9.53 Å². The lowest BCUT2D eigenvalue weighted by molar-refractivity contribution is -0.136. The molecule has 1 N–H and O–H groups in total. The molecule has 0 saturated heterocycles. The Morgan fingerprint density at radius 2 is 2.00 bits per heavy atom. The zero-order valence-corrected chi connectivity index (χ0v) is 14.9. The number of ether oxygens (including phenoxy) is 1. The van der Waals surface area contributed by atoms with Crippen LogP contribution < -0.4 is 5.43 Å². The van der Waals surface area contributed by atoms with Crippen LogP contribution in [0.25, 0.3) is 0 Å². The van der Waals surface area contributed by atoms with Crippen molar-refractivity contribution in [3.05, 3.63) is 45.6 Å². The summed E-state index contributed by atoms with van der Waals surface area (Å²) in [5.41, 5.74) is 6.31. The number of allylic oxidation sites excluding steroid dienone is 1. The van der Waals surface area contributed by atoms with E-state index in [2.05, 4.69) is 52.3 Å². The monoisotopic (exact) mass is 366 g/mol. The van der Waals surface area contributed by atoms with Gasteiger partial charge in [0, 0.05) is 23.1 Å². The first-order valence-corrected chi connectivity index (χ1v) is 8.49. The minimum atomic E-state index is -0.231. The molecule has 1 atom stereocenters. The zero-order valence-electron chi connectivity index (χ0n) is 13.4. The number of hydrogen-bond donors (Lipinski definition) is 1. The first kappa shape index (κ1) is 17.0. The molecule has 0 amide bonds. The Labute approximate surface area is 140 Å². The number of nitrogens with zero attached hydrogens (tertiary/aromatic N) is 1. The first-order chi connectivity index (χ1) is 10.6. The fraction of sp³-hybridized carbons (Fsp3) is 0.471. The normalized spacial score (nSPS) is 18.5. The second-order valence-corrected chi connectivity index (χ2v) is 6.33. The number of esters is 1. The van der Waals surface area contributed by atoms with Gasteiger partial charge in [-0.25, -0.2) is 9.80 Å². The second kappa shape index (κ2) is 7.79. The third-order valence-corrected chi connectivity index (χ3v) is 4.39. The molecule has 22 heavy (non-hydrogen) atoms.